The monoisotopic (exact) mass is 307 g/mol. The summed E-state index contributed by atoms with van der Waals surface area (Å²) in [5.74, 6) is 0. The SMILES string of the molecule is COC[C@H](N=Cc1ccc(C(F)(F)F)cc1)c1ccccc1. The minimum Gasteiger partial charge on any atom is -0.382 e. The van der Waals surface area contributed by atoms with Gasteiger partial charge >= 0.3 is 6.18 Å². The van der Waals surface area contributed by atoms with Crippen molar-refractivity contribution >= 4 is 6.21 Å². The van der Waals surface area contributed by atoms with Gasteiger partial charge in [0.1, 0.15) is 0 Å². The molecule has 1 atom stereocenters. The third kappa shape index (κ3) is 4.43. The molecule has 0 aliphatic heterocycles. The van der Waals surface area contributed by atoms with Gasteiger partial charge in [-0.15, -0.1) is 0 Å². The Morgan fingerprint density at radius 3 is 2.23 bits per heavy atom. The molecule has 22 heavy (non-hydrogen) atoms. The standard InChI is InChI=1S/C17H16F3NO/c1-22-12-16(14-5-3-2-4-6-14)21-11-13-7-9-15(10-8-13)17(18,19)20/h2-11,16H,12H2,1H3/t16-/m0/s1. The van der Waals surface area contributed by atoms with Crippen LogP contribution in [0.1, 0.15) is 22.7 Å². The number of ether oxygens (including phenoxy) is 1. The van der Waals surface area contributed by atoms with Crippen LogP contribution in [0, 0.1) is 0 Å². The highest BCUT2D eigenvalue weighted by Gasteiger charge is 2.29. The largest absolute Gasteiger partial charge is 0.416 e. The van der Waals surface area contributed by atoms with E-state index in [2.05, 4.69) is 4.99 Å². The van der Waals surface area contributed by atoms with Crippen molar-refractivity contribution in [1.29, 1.82) is 0 Å². The molecule has 2 nitrogen and oxygen atoms in total. The third-order valence-electron chi connectivity index (χ3n) is 3.15. The molecule has 116 valence electrons. The van der Waals surface area contributed by atoms with Gasteiger partial charge in [-0.3, -0.25) is 4.99 Å². The molecule has 0 aliphatic rings. The quantitative estimate of drug-likeness (QED) is 0.745. The maximum atomic E-state index is 12.5. The summed E-state index contributed by atoms with van der Waals surface area (Å²) in [5.41, 5.74) is 0.943. The molecule has 2 rings (SSSR count). The lowest BCUT2D eigenvalue weighted by molar-refractivity contribution is -0.137. The van der Waals surface area contributed by atoms with E-state index < -0.39 is 11.7 Å². The fraction of sp³-hybridized carbons (Fsp3) is 0.235. The van der Waals surface area contributed by atoms with Crippen LogP contribution in [0.15, 0.2) is 59.6 Å². The molecule has 0 saturated heterocycles. The Bertz CT molecular complexity index is 606. The van der Waals surface area contributed by atoms with Gasteiger partial charge in [-0.25, -0.2) is 0 Å². The van der Waals surface area contributed by atoms with E-state index in [0.29, 0.717) is 12.2 Å². The molecule has 0 aliphatic carbocycles. The normalized spacial score (nSPS) is 13.5. The van der Waals surface area contributed by atoms with E-state index in [-0.39, 0.29) is 6.04 Å². The second-order valence-electron chi connectivity index (χ2n) is 4.78. The third-order valence-corrected chi connectivity index (χ3v) is 3.15. The molecule has 0 radical (unpaired) electrons. The van der Waals surface area contributed by atoms with Crippen LogP contribution < -0.4 is 0 Å². The summed E-state index contributed by atoms with van der Waals surface area (Å²) in [6.07, 6.45) is -2.75. The van der Waals surface area contributed by atoms with E-state index in [1.807, 2.05) is 30.3 Å². The number of hydrogen-bond acceptors (Lipinski definition) is 2. The predicted molar refractivity (Wildman–Crippen MR) is 80.1 cm³/mol. The summed E-state index contributed by atoms with van der Waals surface area (Å²) in [6, 6.07) is 14.3. The van der Waals surface area contributed by atoms with E-state index in [1.165, 1.54) is 12.1 Å². The summed E-state index contributed by atoms with van der Waals surface area (Å²) < 4.78 is 42.7. The van der Waals surface area contributed by atoms with Crippen LogP contribution >= 0.6 is 0 Å². The van der Waals surface area contributed by atoms with E-state index >= 15 is 0 Å². The lowest BCUT2D eigenvalue weighted by Crippen LogP contribution is -2.05. The Morgan fingerprint density at radius 1 is 1.05 bits per heavy atom. The molecule has 0 N–H and O–H groups in total. The number of rotatable bonds is 5. The van der Waals surface area contributed by atoms with E-state index in [9.17, 15) is 13.2 Å². The summed E-state index contributed by atoms with van der Waals surface area (Å²) in [4.78, 5) is 4.41. The summed E-state index contributed by atoms with van der Waals surface area (Å²) in [6.45, 7) is 0.404. The zero-order valence-corrected chi connectivity index (χ0v) is 12.0. The maximum Gasteiger partial charge on any atom is 0.416 e. The molecule has 2 aromatic rings. The summed E-state index contributed by atoms with van der Waals surface area (Å²) in [5, 5.41) is 0. The average molecular weight is 307 g/mol. The Kier molecular flexibility index (Phi) is 5.33. The first kappa shape index (κ1) is 16.2. The van der Waals surface area contributed by atoms with Crippen molar-refractivity contribution in [2.24, 2.45) is 4.99 Å². The van der Waals surface area contributed by atoms with Crippen molar-refractivity contribution < 1.29 is 17.9 Å². The Morgan fingerprint density at radius 2 is 1.68 bits per heavy atom. The lowest BCUT2D eigenvalue weighted by Gasteiger charge is -2.11. The van der Waals surface area contributed by atoms with E-state index in [0.717, 1.165) is 17.7 Å². The second kappa shape index (κ2) is 7.22. The second-order valence-corrected chi connectivity index (χ2v) is 4.78. The topological polar surface area (TPSA) is 21.6 Å². The Labute approximate surface area is 127 Å². The van der Waals surface area contributed by atoms with Gasteiger partial charge in [0, 0.05) is 13.3 Å². The van der Waals surface area contributed by atoms with Gasteiger partial charge in [0.2, 0.25) is 0 Å². The van der Waals surface area contributed by atoms with Crippen LogP contribution in [0.5, 0.6) is 0 Å². The van der Waals surface area contributed by atoms with Crippen LogP contribution in [-0.2, 0) is 10.9 Å². The molecule has 0 amide bonds. The van der Waals surface area contributed by atoms with Crippen molar-refractivity contribution in [1.82, 2.24) is 0 Å². The molecule has 0 unspecified atom stereocenters. The number of alkyl halides is 3. The van der Waals surface area contributed by atoms with E-state index in [4.69, 9.17) is 4.74 Å². The zero-order valence-electron chi connectivity index (χ0n) is 12.0. The summed E-state index contributed by atoms with van der Waals surface area (Å²) in [7, 11) is 1.59. The van der Waals surface area contributed by atoms with Gasteiger partial charge < -0.3 is 4.74 Å². The highest BCUT2D eigenvalue weighted by molar-refractivity contribution is 5.79. The van der Waals surface area contributed by atoms with Crippen molar-refractivity contribution in [3.63, 3.8) is 0 Å². The maximum absolute atomic E-state index is 12.5. The first-order chi connectivity index (χ1) is 10.5. The van der Waals surface area contributed by atoms with Crippen LogP contribution in [0.2, 0.25) is 0 Å². The molecule has 0 fully saturated rings. The van der Waals surface area contributed by atoms with Crippen molar-refractivity contribution in [2.45, 2.75) is 12.2 Å². The average Bonchev–Trinajstić information content (AvgIpc) is 2.52. The highest BCUT2D eigenvalue weighted by atomic mass is 19.4. The Hall–Kier alpha value is -2.14. The number of nitrogens with zero attached hydrogens (tertiary/aromatic N) is 1. The zero-order chi connectivity index (χ0) is 16.0. The number of benzene rings is 2. The molecule has 2 aromatic carbocycles. The van der Waals surface area contributed by atoms with Gasteiger partial charge in [0.05, 0.1) is 18.2 Å². The first-order valence-electron chi connectivity index (χ1n) is 6.75. The molecule has 0 saturated carbocycles. The van der Waals surface area contributed by atoms with Crippen molar-refractivity contribution in [2.75, 3.05) is 13.7 Å². The van der Waals surface area contributed by atoms with Crippen molar-refractivity contribution in [3.8, 4) is 0 Å². The van der Waals surface area contributed by atoms with Crippen LogP contribution in [0.4, 0.5) is 13.2 Å². The predicted octanol–water partition coefficient (Wildman–Crippen LogP) is 4.51. The molecular weight excluding hydrogens is 291 g/mol. The molecule has 0 bridgehead atoms. The molecule has 5 heteroatoms. The smallest absolute Gasteiger partial charge is 0.382 e. The minimum atomic E-state index is -4.32. The lowest BCUT2D eigenvalue weighted by atomic mass is 10.1. The van der Waals surface area contributed by atoms with Gasteiger partial charge in [-0.2, -0.15) is 13.2 Å². The van der Waals surface area contributed by atoms with Gasteiger partial charge in [0.25, 0.3) is 0 Å². The Balaban J connectivity index is 2.14. The molecular formula is C17H16F3NO. The van der Waals surface area contributed by atoms with Gasteiger partial charge in [0.15, 0.2) is 0 Å². The number of halogens is 3. The summed E-state index contributed by atoms with van der Waals surface area (Å²) >= 11 is 0. The number of hydrogen-bond donors (Lipinski definition) is 0. The molecule has 0 spiro atoms. The first-order valence-corrected chi connectivity index (χ1v) is 6.75. The molecule has 0 heterocycles. The minimum absolute atomic E-state index is 0.187. The van der Waals surface area contributed by atoms with Crippen molar-refractivity contribution in [3.05, 3.63) is 71.3 Å². The molecule has 0 aromatic heterocycles. The highest BCUT2D eigenvalue weighted by Crippen LogP contribution is 2.29. The van der Waals surface area contributed by atoms with Crippen LogP contribution in [-0.4, -0.2) is 19.9 Å². The van der Waals surface area contributed by atoms with Crippen LogP contribution in [0.3, 0.4) is 0 Å². The number of aliphatic imine (C=N–C) groups is 1. The number of methoxy groups -OCH3 is 1. The van der Waals surface area contributed by atoms with Gasteiger partial charge in [-0.05, 0) is 23.3 Å². The van der Waals surface area contributed by atoms with E-state index in [1.54, 1.807) is 13.3 Å². The van der Waals surface area contributed by atoms with Crippen LogP contribution in [0.25, 0.3) is 0 Å². The fourth-order valence-corrected chi connectivity index (χ4v) is 1.99. The van der Waals surface area contributed by atoms with Gasteiger partial charge in [-0.1, -0.05) is 42.5 Å². The fourth-order valence-electron chi connectivity index (χ4n) is 1.99.